The van der Waals surface area contributed by atoms with Crippen LogP contribution in [-0.2, 0) is 19.1 Å². The highest BCUT2D eigenvalue weighted by Gasteiger charge is 2.36. The van der Waals surface area contributed by atoms with E-state index in [9.17, 15) is 19.5 Å². The molecule has 0 aromatic heterocycles. The zero-order valence-corrected chi connectivity index (χ0v) is 18.5. The summed E-state index contributed by atoms with van der Waals surface area (Å²) in [7, 11) is 0. The van der Waals surface area contributed by atoms with Crippen LogP contribution in [0.15, 0.2) is 48.5 Å². The highest BCUT2D eigenvalue weighted by atomic mass is 16.5. The van der Waals surface area contributed by atoms with Crippen molar-refractivity contribution in [2.45, 2.75) is 50.3 Å². The minimum absolute atomic E-state index is 0.0754. The van der Waals surface area contributed by atoms with Crippen LogP contribution in [0, 0.1) is 0 Å². The number of amides is 2. The topological polar surface area (TPSA) is 114 Å². The number of carboxylic acid groups (broad SMARTS) is 1. The number of alkyl carbamates (subject to hydrolysis) is 1. The fraction of sp³-hybridized carbons (Fsp3) is 0.400. The molecule has 174 valence electrons. The molecule has 2 aromatic carbocycles. The van der Waals surface area contributed by atoms with Gasteiger partial charge in [-0.05, 0) is 35.1 Å². The third-order valence-corrected chi connectivity index (χ3v) is 6.19. The van der Waals surface area contributed by atoms with Gasteiger partial charge in [-0.1, -0.05) is 61.9 Å². The molecular weight excluding hydrogens is 424 g/mol. The van der Waals surface area contributed by atoms with Crippen molar-refractivity contribution in [2.75, 3.05) is 13.2 Å². The van der Waals surface area contributed by atoms with Gasteiger partial charge in [0.2, 0.25) is 5.91 Å². The fourth-order valence-electron chi connectivity index (χ4n) is 4.60. The van der Waals surface area contributed by atoms with Crippen LogP contribution in [0.3, 0.4) is 0 Å². The zero-order valence-electron chi connectivity index (χ0n) is 18.5. The number of benzene rings is 2. The number of hydrogen-bond donors (Lipinski definition) is 3. The zero-order chi connectivity index (χ0) is 23.4. The molecule has 3 N–H and O–H groups in total. The molecule has 33 heavy (non-hydrogen) atoms. The van der Waals surface area contributed by atoms with Crippen LogP contribution in [0.2, 0.25) is 0 Å². The summed E-state index contributed by atoms with van der Waals surface area (Å²) in [6.45, 7) is 2.32. The van der Waals surface area contributed by atoms with Gasteiger partial charge in [-0.25, -0.2) is 9.59 Å². The third-order valence-electron chi connectivity index (χ3n) is 6.19. The van der Waals surface area contributed by atoms with E-state index in [4.69, 9.17) is 9.47 Å². The van der Waals surface area contributed by atoms with Gasteiger partial charge >= 0.3 is 12.1 Å². The molecule has 0 radical (unpaired) electrons. The maximum Gasteiger partial charge on any atom is 0.407 e. The summed E-state index contributed by atoms with van der Waals surface area (Å²) in [6, 6.07) is 14.7. The van der Waals surface area contributed by atoms with E-state index in [-0.39, 0.29) is 19.1 Å². The minimum atomic E-state index is -1.12. The molecule has 2 aliphatic rings. The Morgan fingerprint density at radius 2 is 1.73 bits per heavy atom. The van der Waals surface area contributed by atoms with Gasteiger partial charge in [-0.15, -0.1) is 0 Å². The average Bonchev–Trinajstić information content (AvgIpc) is 3.40. The molecular formula is C25H28N2O6. The molecule has 2 aromatic rings. The van der Waals surface area contributed by atoms with E-state index in [1.807, 2.05) is 43.3 Å². The number of aliphatic carboxylic acids is 1. The molecule has 1 aliphatic heterocycles. The molecule has 3 atom stereocenters. The summed E-state index contributed by atoms with van der Waals surface area (Å²) in [5.41, 5.74) is 4.49. The van der Waals surface area contributed by atoms with E-state index in [0.717, 1.165) is 22.3 Å². The highest BCUT2D eigenvalue weighted by Crippen LogP contribution is 2.44. The Balaban J connectivity index is 1.38. The van der Waals surface area contributed by atoms with Crippen molar-refractivity contribution in [1.82, 2.24) is 10.6 Å². The van der Waals surface area contributed by atoms with E-state index < -0.39 is 36.2 Å². The van der Waals surface area contributed by atoms with Gasteiger partial charge < -0.3 is 25.2 Å². The first kappa shape index (κ1) is 22.8. The van der Waals surface area contributed by atoms with E-state index >= 15 is 0 Å². The van der Waals surface area contributed by atoms with Gasteiger partial charge in [0.05, 0.1) is 6.04 Å². The number of hydrogen-bond acceptors (Lipinski definition) is 5. The third kappa shape index (κ3) is 4.85. The number of carboxylic acids is 1. The quantitative estimate of drug-likeness (QED) is 0.567. The number of carbonyl (C=O) groups is 3. The standard InChI is InChI=1S/C25H28N2O6/c1-2-7-21(23(28)26-20-12-13-32-22(20)24(29)30)27-25(31)33-14-19-17-10-5-3-8-15(17)16-9-4-6-11-18(16)19/h3-6,8-11,19-22H,2,7,12-14H2,1H3,(H,26,28)(H,27,31)(H,29,30)/t20?,21-,22?/m0/s1. The maximum absolute atomic E-state index is 12.8. The van der Waals surface area contributed by atoms with Gasteiger partial charge in [0.15, 0.2) is 6.10 Å². The largest absolute Gasteiger partial charge is 0.479 e. The summed E-state index contributed by atoms with van der Waals surface area (Å²) in [5.74, 6) is -1.63. The fourth-order valence-corrected chi connectivity index (χ4v) is 4.60. The minimum Gasteiger partial charge on any atom is -0.479 e. The van der Waals surface area contributed by atoms with E-state index in [0.29, 0.717) is 19.3 Å². The lowest BCUT2D eigenvalue weighted by Crippen LogP contribution is -2.52. The second-order valence-electron chi connectivity index (χ2n) is 8.34. The number of ether oxygens (including phenoxy) is 2. The van der Waals surface area contributed by atoms with Crippen molar-refractivity contribution in [3.63, 3.8) is 0 Å². The molecule has 2 unspecified atom stereocenters. The van der Waals surface area contributed by atoms with Crippen molar-refractivity contribution < 1.29 is 29.0 Å². The summed E-state index contributed by atoms with van der Waals surface area (Å²) in [4.78, 5) is 36.6. The average molecular weight is 453 g/mol. The van der Waals surface area contributed by atoms with Gasteiger partial charge in [0, 0.05) is 12.5 Å². The Kier molecular flexibility index (Phi) is 6.93. The van der Waals surface area contributed by atoms with Crippen LogP contribution in [0.5, 0.6) is 0 Å². The number of rotatable bonds is 8. The Morgan fingerprint density at radius 1 is 1.09 bits per heavy atom. The van der Waals surface area contributed by atoms with Gasteiger partial charge in [0.1, 0.15) is 12.6 Å². The number of nitrogens with one attached hydrogen (secondary N) is 2. The molecule has 1 fully saturated rings. The SMILES string of the molecule is CCC[C@H](NC(=O)OCC1c2ccccc2-c2ccccc21)C(=O)NC1CCOC1C(=O)O. The Bertz CT molecular complexity index is 994. The molecule has 0 bridgehead atoms. The van der Waals surface area contributed by atoms with Crippen LogP contribution in [-0.4, -0.2) is 54.5 Å². The van der Waals surface area contributed by atoms with Crippen molar-refractivity contribution >= 4 is 18.0 Å². The van der Waals surface area contributed by atoms with Crippen molar-refractivity contribution in [3.8, 4) is 11.1 Å². The number of carbonyl (C=O) groups excluding carboxylic acids is 2. The molecule has 1 heterocycles. The molecule has 0 spiro atoms. The molecule has 4 rings (SSSR count). The van der Waals surface area contributed by atoms with E-state index in [1.54, 1.807) is 0 Å². The van der Waals surface area contributed by atoms with Gasteiger partial charge in [-0.3, -0.25) is 4.79 Å². The lowest BCUT2D eigenvalue weighted by Gasteiger charge is -2.22. The van der Waals surface area contributed by atoms with Crippen LogP contribution in [0.4, 0.5) is 4.79 Å². The Morgan fingerprint density at radius 3 is 2.33 bits per heavy atom. The van der Waals surface area contributed by atoms with E-state index in [1.165, 1.54) is 0 Å². The molecule has 0 saturated carbocycles. The predicted molar refractivity (Wildman–Crippen MR) is 121 cm³/mol. The van der Waals surface area contributed by atoms with Gasteiger partial charge in [-0.2, -0.15) is 0 Å². The van der Waals surface area contributed by atoms with Crippen molar-refractivity contribution in [1.29, 1.82) is 0 Å². The van der Waals surface area contributed by atoms with Crippen LogP contribution >= 0.6 is 0 Å². The maximum atomic E-state index is 12.8. The number of fused-ring (bicyclic) bond motifs is 3. The van der Waals surface area contributed by atoms with Crippen LogP contribution < -0.4 is 10.6 Å². The molecule has 1 aliphatic carbocycles. The Labute approximate surface area is 192 Å². The summed E-state index contributed by atoms with van der Waals surface area (Å²) >= 11 is 0. The lowest BCUT2D eigenvalue weighted by molar-refractivity contribution is -0.148. The first-order chi connectivity index (χ1) is 16.0. The molecule has 1 saturated heterocycles. The summed E-state index contributed by atoms with van der Waals surface area (Å²) in [5, 5.41) is 14.6. The van der Waals surface area contributed by atoms with Crippen LogP contribution in [0.1, 0.15) is 43.2 Å². The molecule has 8 nitrogen and oxygen atoms in total. The summed E-state index contributed by atoms with van der Waals surface area (Å²) in [6.07, 6.45) is -0.285. The molecule has 2 amide bonds. The van der Waals surface area contributed by atoms with Crippen molar-refractivity contribution in [3.05, 3.63) is 59.7 Å². The highest BCUT2D eigenvalue weighted by molar-refractivity contribution is 5.87. The smallest absolute Gasteiger partial charge is 0.407 e. The Hall–Kier alpha value is -3.39. The summed E-state index contributed by atoms with van der Waals surface area (Å²) < 4.78 is 10.7. The lowest BCUT2D eigenvalue weighted by atomic mass is 9.98. The molecule has 8 heteroatoms. The van der Waals surface area contributed by atoms with Gasteiger partial charge in [0.25, 0.3) is 0 Å². The predicted octanol–water partition coefficient (Wildman–Crippen LogP) is 3.05. The second-order valence-corrected chi connectivity index (χ2v) is 8.34. The first-order valence-electron chi connectivity index (χ1n) is 11.3. The van der Waals surface area contributed by atoms with Crippen LogP contribution in [0.25, 0.3) is 11.1 Å². The normalized spacial score (nSPS) is 19.9. The second kappa shape index (κ2) is 10.0. The first-order valence-corrected chi connectivity index (χ1v) is 11.3. The van der Waals surface area contributed by atoms with E-state index in [2.05, 4.69) is 22.8 Å². The monoisotopic (exact) mass is 452 g/mol. The van der Waals surface area contributed by atoms with Crippen molar-refractivity contribution in [2.24, 2.45) is 0 Å².